The molecule has 49 heavy (non-hydrogen) atoms. The molecule has 8 atom stereocenters. The van der Waals surface area contributed by atoms with Gasteiger partial charge in [0.1, 0.15) is 35.4 Å². The summed E-state index contributed by atoms with van der Waals surface area (Å²) in [7, 11) is 3.53. The van der Waals surface area contributed by atoms with Crippen molar-refractivity contribution in [3.8, 4) is 11.5 Å². The number of rotatable bonds is 6. The van der Waals surface area contributed by atoms with E-state index in [1.165, 1.54) is 27.2 Å². The number of carboxylic acid groups (broad SMARTS) is 1. The first-order valence-corrected chi connectivity index (χ1v) is 15.0. The maximum atomic E-state index is 14.5. The topological polar surface area (TPSA) is 256 Å². The van der Waals surface area contributed by atoms with E-state index >= 15 is 0 Å². The van der Waals surface area contributed by atoms with Gasteiger partial charge in [-0.15, -0.1) is 0 Å². The van der Waals surface area contributed by atoms with Crippen molar-refractivity contribution in [3.63, 3.8) is 0 Å². The highest BCUT2D eigenvalue weighted by Gasteiger charge is 2.72. The second-order valence-corrected chi connectivity index (χ2v) is 12.4. The Morgan fingerprint density at radius 2 is 1.61 bits per heavy atom. The number of aliphatic hydroxyl groups is 3. The van der Waals surface area contributed by atoms with Gasteiger partial charge in [0, 0.05) is 50.5 Å². The number of nitrogens with one attached hydrogen (secondary N) is 1. The number of phenolic OH excluding ortho intramolecular Hbond substituents is 1. The summed E-state index contributed by atoms with van der Waals surface area (Å²) >= 11 is 0. The number of hydrogen-bond donors (Lipinski definition) is 7. The van der Waals surface area contributed by atoms with Gasteiger partial charge >= 0.3 is 5.97 Å². The largest absolute Gasteiger partial charge is 0.507 e. The number of phenols is 2. The Labute approximate surface area is 277 Å². The predicted octanol–water partition coefficient (Wildman–Crippen LogP) is -0.338. The predicted molar refractivity (Wildman–Crippen MR) is 162 cm³/mol. The number of hydrogen-bond acceptors (Lipinski definition) is 15. The molecule has 3 aliphatic carbocycles. The lowest BCUT2D eigenvalue weighted by atomic mass is 9.56. The first-order valence-electron chi connectivity index (χ1n) is 15.0. The van der Waals surface area contributed by atoms with Crippen molar-refractivity contribution < 1.29 is 73.6 Å². The average molecular weight is 684 g/mol. The number of ketones is 4. The molecule has 0 saturated carbocycles. The van der Waals surface area contributed by atoms with E-state index in [4.69, 9.17) is 18.9 Å². The monoisotopic (exact) mass is 683 g/mol. The second kappa shape index (κ2) is 11.5. The van der Waals surface area contributed by atoms with Crippen molar-refractivity contribution in [3.05, 3.63) is 68.4 Å². The van der Waals surface area contributed by atoms with E-state index in [9.17, 15) is 54.6 Å². The van der Waals surface area contributed by atoms with Gasteiger partial charge in [-0.2, -0.15) is 0 Å². The fourth-order valence-corrected chi connectivity index (χ4v) is 7.76. The van der Waals surface area contributed by atoms with E-state index in [0.29, 0.717) is 0 Å². The average Bonchev–Trinajstić information content (AvgIpc) is 3.02. The molecule has 0 radical (unpaired) electrons. The smallest absolute Gasteiger partial charge is 0.339 e. The van der Waals surface area contributed by atoms with Crippen LogP contribution in [0.15, 0.2) is 23.9 Å². The maximum absolute atomic E-state index is 14.5. The Hall–Kier alpha value is -4.55. The summed E-state index contributed by atoms with van der Waals surface area (Å²) in [6.45, 7) is 2.95. The van der Waals surface area contributed by atoms with Crippen LogP contribution in [0.25, 0.3) is 0 Å². The molecule has 0 aromatic heterocycles. The van der Waals surface area contributed by atoms with Gasteiger partial charge in [0.15, 0.2) is 23.2 Å². The fourth-order valence-electron chi connectivity index (χ4n) is 7.76. The SMILES string of the molecule is CO[C@@H]1[C@@H](O)[C@@H](OC)[C@@H](NC2=CC(=O)c3c(cc4c(c3O)C(=O)C3(OC)C(O)Cc5cc(C)c(C(=O)O)c(O)c5C3(O)C4=O)C2=O)O[C@H]1C. The molecule has 0 amide bonds. The highest BCUT2D eigenvalue weighted by molar-refractivity contribution is 6.30. The van der Waals surface area contributed by atoms with Crippen LogP contribution in [-0.4, -0.2) is 123 Å². The lowest BCUT2D eigenvalue weighted by molar-refractivity contribution is -0.236. The summed E-state index contributed by atoms with van der Waals surface area (Å²) in [6, 6.07) is 2.05. The van der Waals surface area contributed by atoms with Crippen LogP contribution < -0.4 is 5.32 Å². The number of aromatic hydroxyl groups is 2. The molecule has 2 aromatic carbocycles. The highest BCUT2D eigenvalue weighted by Crippen LogP contribution is 2.56. The van der Waals surface area contributed by atoms with E-state index in [-0.39, 0.29) is 11.1 Å². The summed E-state index contributed by atoms with van der Waals surface area (Å²) in [5.74, 6) is -8.54. The zero-order chi connectivity index (χ0) is 36.1. The number of aromatic carboxylic acids is 1. The van der Waals surface area contributed by atoms with E-state index < -0.39 is 134 Å². The van der Waals surface area contributed by atoms with Gasteiger partial charge in [0.2, 0.25) is 17.3 Å². The number of benzene rings is 2. The van der Waals surface area contributed by atoms with Crippen LogP contribution in [0.2, 0.25) is 0 Å². The Kier molecular flexibility index (Phi) is 8.07. The number of allylic oxidation sites excluding steroid dienone is 2. The molecule has 4 aliphatic rings. The van der Waals surface area contributed by atoms with Crippen LogP contribution in [0.5, 0.6) is 11.5 Å². The molecule has 1 fully saturated rings. The number of fused-ring (bicyclic) bond motifs is 5. The minimum atomic E-state index is -3.29. The van der Waals surface area contributed by atoms with Crippen molar-refractivity contribution in [2.45, 2.75) is 68.2 Å². The van der Waals surface area contributed by atoms with Gasteiger partial charge in [0.25, 0.3) is 0 Å². The molecule has 1 saturated heterocycles. The minimum Gasteiger partial charge on any atom is -0.507 e. The number of Topliss-reactive ketones (excluding diaryl/α,β-unsaturated/α-hetero) is 3. The quantitative estimate of drug-likeness (QED) is 0.206. The molecule has 2 aromatic rings. The zero-order valence-corrected chi connectivity index (χ0v) is 26.8. The van der Waals surface area contributed by atoms with Crippen LogP contribution >= 0.6 is 0 Å². The van der Waals surface area contributed by atoms with Crippen LogP contribution in [-0.2, 0) is 31.0 Å². The van der Waals surface area contributed by atoms with Crippen molar-refractivity contribution in [1.29, 1.82) is 0 Å². The van der Waals surface area contributed by atoms with Crippen LogP contribution in [0.4, 0.5) is 0 Å². The Bertz CT molecular complexity index is 1900. The molecule has 0 spiro atoms. The van der Waals surface area contributed by atoms with E-state index in [2.05, 4.69) is 5.32 Å². The van der Waals surface area contributed by atoms with Gasteiger partial charge in [-0.25, -0.2) is 4.79 Å². The summed E-state index contributed by atoms with van der Waals surface area (Å²) in [5, 5.41) is 69.6. The maximum Gasteiger partial charge on any atom is 0.339 e. The lowest BCUT2D eigenvalue weighted by Gasteiger charge is -2.52. The summed E-state index contributed by atoms with van der Waals surface area (Å²) in [6.07, 6.45) is -6.68. The number of ether oxygens (including phenoxy) is 4. The van der Waals surface area contributed by atoms with E-state index in [1.54, 1.807) is 6.92 Å². The van der Waals surface area contributed by atoms with Gasteiger partial charge in [-0.05, 0) is 31.0 Å². The van der Waals surface area contributed by atoms with Crippen molar-refractivity contribution >= 4 is 29.1 Å². The van der Waals surface area contributed by atoms with Gasteiger partial charge < -0.3 is 54.9 Å². The summed E-state index contributed by atoms with van der Waals surface area (Å²) in [5.41, 5.74) is -10.9. The Morgan fingerprint density at radius 3 is 2.20 bits per heavy atom. The van der Waals surface area contributed by atoms with Crippen LogP contribution in [0.1, 0.15) is 75.4 Å². The number of carbonyl (C=O) groups excluding carboxylic acids is 4. The minimum absolute atomic E-state index is 0.0272. The third kappa shape index (κ3) is 4.32. The van der Waals surface area contributed by atoms with Crippen molar-refractivity contribution in [1.82, 2.24) is 5.32 Å². The molecule has 1 heterocycles. The third-order valence-corrected chi connectivity index (χ3v) is 9.98. The van der Waals surface area contributed by atoms with Crippen LogP contribution in [0.3, 0.4) is 0 Å². The van der Waals surface area contributed by atoms with Gasteiger partial charge in [-0.1, -0.05) is 6.07 Å². The second-order valence-electron chi connectivity index (χ2n) is 12.4. The van der Waals surface area contributed by atoms with Gasteiger partial charge in [0.05, 0.1) is 29.0 Å². The lowest BCUT2D eigenvalue weighted by Crippen LogP contribution is -2.73. The summed E-state index contributed by atoms with van der Waals surface area (Å²) < 4.78 is 21.9. The molecule has 3 unspecified atom stereocenters. The van der Waals surface area contributed by atoms with E-state index in [0.717, 1.165) is 19.3 Å². The first-order chi connectivity index (χ1) is 23.0. The Balaban J connectivity index is 1.51. The van der Waals surface area contributed by atoms with Crippen LogP contribution in [0, 0.1) is 6.92 Å². The highest BCUT2D eigenvalue weighted by atomic mass is 16.6. The fraction of sp³-hybridized carbons (Fsp3) is 0.424. The zero-order valence-electron chi connectivity index (χ0n) is 26.8. The molecule has 6 rings (SSSR count). The summed E-state index contributed by atoms with van der Waals surface area (Å²) in [4.78, 5) is 68.2. The Morgan fingerprint density at radius 1 is 0.959 bits per heavy atom. The van der Waals surface area contributed by atoms with Crippen molar-refractivity contribution in [2.75, 3.05) is 21.3 Å². The first kappa shape index (κ1) is 34.3. The number of methoxy groups -OCH3 is 3. The third-order valence-electron chi connectivity index (χ3n) is 9.98. The molecule has 260 valence electrons. The molecule has 0 bridgehead atoms. The number of aliphatic hydroxyl groups excluding tert-OH is 2. The number of aryl methyl sites for hydroxylation is 1. The molecule has 7 N–H and O–H groups in total. The molecule has 16 heteroatoms. The normalized spacial score (nSPS) is 32.1. The molecular formula is C33H33NO15. The van der Waals surface area contributed by atoms with E-state index in [1.807, 2.05) is 0 Å². The standard InChI is InChI=1S/C33H33NO15/c1-10-6-12-7-17(36)33(48-5)29(42)20-14(28(41)32(33,45)21(12)24(39)18(10)31(43)44)8-13-19(23(20)38)16(35)9-15(22(13)37)34-30-27(47-4)25(40)26(46-3)11(2)49-30/h6,8-9,11,17,25-27,30,34,36,38-40,45H,7H2,1-5H3,(H,43,44)/t11-,17?,25+,26-,27+,30-,32?,33?/m0/s1. The molecule has 1 aliphatic heterocycles. The van der Waals surface area contributed by atoms with Crippen molar-refractivity contribution in [2.24, 2.45) is 0 Å². The number of carboxylic acids is 1. The number of carbonyl (C=O) groups is 5. The van der Waals surface area contributed by atoms with Gasteiger partial charge in [-0.3, -0.25) is 19.2 Å². The molecule has 16 nitrogen and oxygen atoms in total. The molecular weight excluding hydrogens is 650 g/mol.